The molecule has 0 saturated carbocycles. The van der Waals surface area contributed by atoms with Gasteiger partial charge in [0, 0.05) is 5.56 Å². The largest absolute Gasteiger partial charge is 0.454 e. The molecule has 0 saturated heterocycles. The molecule has 4 rings (SSSR count). The van der Waals surface area contributed by atoms with E-state index in [-0.39, 0.29) is 5.78 Å². The van der Waals surface area contributed by atoms with Crippen molar-refractivity contribution in [3.8, 4) is 0 Å². The molecular weight excluding hydrogens is 343 g/mol. The third-order valence-corrected chi connectivity index (χ3v) is 4.48. The van der Waals surface area contributed by atoms with Crippen LogP contribution < -0.4 is 0 Å². The van der Waals surface area contributed by atoms with Crippen molar-refractivity contribution < 1.29 is 18.7 Å². The molecule has 0 aliphatic rings. The monoisotopic (exact) mass is 358 g/mol. The topological polar surface area (TPSA) is 43.4 Å². The first-order chi connectivity index (χ1) is 13.1. The van der Waals surface area contributed by atoms with Gasteiger partial charge in [0.05, 0.1) is 5.56 Å². The fraction of sp³-hybridized carbons (Fsp3) is 0.0435. The standard InChI is InChI=1S/C23H15FO3/c24-18-11-9-15(10-12-18)21(25)14-27-23(26)22-19-7-3-1-5-16(19)13-17-6-2-4-8-20(17)22/h1-13H,14H2. The van der Waals surface area contributed by atoms with Crippen molar-refractivity contribution in [2.75, 3.05) is 6.61 Å². The van der Waals surface area contributed by atoms with Crippen LogP contribution >= 0.6 is 0 Å². The Morgan fingerprint density at radius 1 is 0.778 bits per heavy atom. The Bertz CT molecular complexity index is 1110. The fourth-order valence-corrected chi connectivity index (χ4v) is 3.16. The summed E-state index contributed by atoms with van der Waals surface area (Å²) in [5.74, 6) is -1.36. The maximum atomic E-state index is 13.0. The van der Waals surface area contributed by atoms with Gasteiger partial charge in [-0.25, -0.2) is 9.18 Å². The van der Waals surface area contributed by atoms with Gasteiger partial charge in [0.25, 0.3) is 0 Å². The van der Waals surface area contributed by atoms with E-state index in [1.54, 1.807) is 0 Å². The van der Waals surface area contributed by atoms with Gasteiger partial charge in [-0.05, 0) is 51.9 Å². The minimum atomic E-state index is -0.557. The van der Waals surface area contributed by atoms with Crippen molar-refractivity contribution in [2.45, 2.75) is 0 Å². The van der Waals surface area contributed by atoms with Gasteiger partial charge in [0.15, 0.2) is 12.4 Å². The Balaban J connectivity index is 1.67. The number of hydrogen-bond donors (Lipinski definition) is 0. The van der Waals surface area contributed by atoms with Crippen LogP contribution in [0, 0.1) is 5.82 Å². The summed E-state index contributed by atoms with van der Waals surface area (Å²) in [6.07, 6.45) is 0. The van der Waals surface area contributed by atoms with Gasteiger partial charge in [0.1, 0.15) is 5.82 Å². The average Bonchev–Trinajstić information content (AvgIpc) is 2.70. The minimum Gasteiger partial charge on any atom is -0.454 e. The number of hydrogen-bond acceptors (Lipinski definition) is 3. The highest BCUT2D eigenvalue weighted by Gasteiger charge is 2.18. The Morgan fingerprint density at radius 3 is 1.93 bits per heavy atom. The zero-order valence-electron chi connectivity index (χ0n) is 14.3. The van der Waals surface area contributed by atoms with E-state index in [0.717, 1.165) is 21.5 Å². The molecule has 0 N–H and O–H groups in total. The summed E-state index contributed by atoms with van der Waals surface area (Å²) in [5.41, 5.74) is 0.739. The Hall–Kier alpha value is -3.53. The van der Waals surface area contributed by atoms with Crippen LogP contribution in [0.25, 0.3) is 21.5 Å². The van der Waals surface area contributed by atoms with E-state index < -0.39 is 18.4 Å². The fourth-order valence-electron chi connectivity index (χ4n) is 3.16. The number of ether oxygens (including phenoxy) is 1. The van der Waals surface area contributed by atoms with Gasteiger partial charge in [-0.2, -0.15) is 0 Å². The molecule has 3 nitrogen and oxygen atoms in total. The van der Waals surface area contributed by atoms with E-state index >= 15 is 0 Å². The molecule has 0 aliphatic carbocycles. The normalized spacial score (nSPS) is 10.9. The second kappa shape index (κ2) is 7.00. The molecule has 4 aromatic rings. The third kappa shape index (κ3) is 3.29. The van der Waals surface area contributed by atoms with Crippen LogP contribution in [-0.4, -0.2) is 18.4 Å². The van der Waals surface area contributed by atoms with Crippen LogP contribution in [0.1, 0.15) is 20.7 Å². The number of rotatable bonds is 4. The molecule has 0 spiro atoms. The third-order valence-electron chi connectivity index (χ3n) is 4.48. The van der Waals surface area contributed by atoms with Crippen molar-refractivity contribution in [2.24, 2.45) is 0 Å². The molecule has 0 heterocycles. The molecule has 0 aromatic heterocycles. The lowest BCUT2D eigenvalue weighted by Crippen LogP contribution is -2.15. The summed E-state index contributed by atoms with van der Waals surface area (Å²) in [7, 11) is 0. The summed E-state index contributed by atoms with van der Waals surface area (Å²) in [5, 5.41) is 3.40. The smallest absolute Gasteiger partial charge is 0.339 e. The van der Waals surface area contributed by atoms with E-state index in [1.807, 2.05) is 54.6 Å². The first kappa shape index (κ1) is 16.9. The number of carbonyl (C=O) groups is 2. The predicted molar refractivity (Wildman–Crippen MR) is 102 cm³/mol. The second-order valence-corrected chi connectivity index (χ2v) is 6.20. The van der Waals surface area contributed by atoms with Gasteiger partial charge in [0.2, 0.25) is 0 Å². The van der Waals surface area contributed by atoms with E-state index in [9.17, 15) is 14.0 Å². The van der Waals surface area contributed by atoms with Gasteiger partial charge in [-0.1, -0.05) is 48.5 Å². The molecule has 0 unspecified atom stereocenters. The van der Waals surface area contributed by atoms with Crippen molar-refractivity contribution in [3.05, 3.63) is 95.8 Å². The highest BCUT2D eigenvalue weighted by Crippen LogP contribution is 2.29. The van der Waals surface area contributed by atoms with Crippen LogP contribution in [0.3, 0.4) is 0 Å². The van der Waals surface area contributed by atoms with Gasteiger partial charge in [-0.3, -0.25) is 4.79 Å². The number of benzene rings is 4. The number of carbonyl (C=O) groups excluding carboxylic acids is 2. The maximum absolute atomic E-state index is 13.0. The molecule has 27 heavy (non-hydrogen) atoms. The average molecular weight is 358 g/mol. The number of fused-ring (bicyclic) bond motifs is 2. The molecule has 132 valence electrons. The highest BCUT2D eigenvalue weighted by atomic mass is 19.1. The van der Waals surface area contributed by atoms with E-state index in [0.29, 0.717) is 11.1 Å². The summed E-state index contributed by atoms with van der Waals surface area (Å²) < 4.78 is 18.3. The van der Waals surface area contributed by atoms with E-state index in [1.165, 1.54) is 24.3 Å². The van der Waals surface area contributed by atoms with Crippen LogP contribution in [0.15, 0.2) is 78.9 Å². The van der Waals surface area contributed by atoms with Crippen LogP contribution in [0.5, 0.6) is 0 Å². The quantitative estimate of drug-likeness (QED) is 0.287. The predicted octanol–water partition coefficient (Wildman–Crippen LogP) is 5.17. The maximum Gasteiger partial charge on any atom is 0.339 e. The highest BCUT2D eigenvalue weighted by molar-refractivity contribution is 6.17. The molecule has 0 fully saturated rings. The Morgan fingerprint density at radius 2 is 1.33 bits per heavy atom. The van der Waals surface area contributed by atoms with Crippen LogP contribution in [0.4, 0.5) is 4.39 Å². The lowest BCUT2D eigenvalue weighted by molar-refractivity contribution is 0.0478. The van der Waals surface area contributed by atoms with E-state index in [2.05, 4.69) is 0 Å². The lowest BCUT2D eigenvalue weighted by Gasteiger charge is -2.11. The minimum absolute atomic E-state index is 0.298. The molecule has 0 amide bonds. The van der Waals surface area contributed by atoms with E-state index in [4.69, 9.17) is 4.74 Å². The van der Waals surface area contributed by atoms with Gasteiger partial charge >= 0.3 is 5.97 Å². The first-order valence-corrected chi connectivity index (χ1v) is 8.50. The van der Waals surface area contributed by atoms with Crippen LogP contribution in [-0.2, 0) is 4.74 Å². The second-order valence-electron chi connectivity index (χ2n) is 6.20. The number of Topliss-reactive ketones (excluding diaryl/α,β-unsaturated/α-hetero) is 1. The summed E-state index contributed by atoms with van der Waals surface area (Å²) in [6.45, 7) is -0.401. The Labute approximate surface area is 155 Å². The molecule has 4 heteroatoms. The molecular formula is C23H15FO3. The number of esters is 1. The summed E-state index contributed by atoms with van der Waals surface area (Å²) in [4.78, 5) is 25.0. The molecule has 0 radical (unpaired) electrons. The lowest BCUT2D eigenvalue weighted by atomic mass is 9.97. The number of ketones is 1. The Kier molecular flexibility index (Phi) is 4.38. The van der Waals surface area contributed by atoms with Gasteiger partial charge < -0.3 is 4.74 Å². The first-order valence-electron chi connectivity index (χ1n) is 8.50. The van der Waals surface area contributed by atoms with Crippen molar-refractivity contribution in [3.63, 3.8) is 0 Å². The summed E-state index contributed by atoms with van der Waals surface area (Å²) >= 11 is 0. The van der Waals surface area contributed by atoms with Crippen LogP contribution in [0.2, 0.25) is 0 Å². The molecule has 0 bridgehead atoms. The van der Waals surface area contributed by atoms with Gasteiger partial charge in [-0.15, -0.1) is 0 Å². The zero-order chi connectivity index (χ0) is 18.8. The van der Waals surface area contributed by atoms with Crippen molar-refractivity contribution in [1.82, 2.24) is 0 Å². The SMILES string of the molecule is O=C(COC(=O)c1c2ccccc2cc2ccccc12)c1ccc(F)cc1. The molecule has 4 aromatic carbocycles. The molecule has 0 atom stereocenters. The summed E-state index contributed by atoms with van der Waals surface area (Å²) in [6, 6.07) is 22.3. The molecule has 0 aliphatic heterocycles. The van der Waals surface area contributed by atoms with Crippen molar-refractivity contribution in [1.29, 1.82) is 0 Å². The number of halogens is 1. The van der Waals surface area contributed by atoms with Crippen molar-refractivity contribution >= 4 is 33.3 Å². The zero-order valence-corrected chi connectivity index (χ0v) is 14.3.